The molecular weight excluding hydrogens is 280 g/mol. The van der Waals surface area contributed by atoms with Crippen molar-refractivity contribution in [3.05, 3.63) is 23.8 Å². The van der Waals surface area contributed by atoms with Crippen molar-refractivity contribution in [3.8, 4) is 11.5 Å². The normalized spacial score (nSPS) is 11.3. The molecule has 7 heteroatoms. The van der Waals surface area contributed by atoms with Crippen molar-refractivity contribution in [2.24, 2.45) is 5.14 Å². The maximum Gasteiger partial charge on any atom is 0.209 e. The monoisotopic (exact) mass is 302 g/mol. The number of hydrogen-bond donors (Lipinski definition) is 2. The highest BCUT2D eigenvalue weighted by molar-refractivity contribution is 7.89. The summed E-state index contributed by atoms with van der Waals surface area (Å²) in [7, 11) is -1.77. The van der Waals surface area contributed by atoms with Crippen LogP contribution in [0.4, 0.5) is 0 Å². The number of rotatable bonds is 9. The number of hydrogen-bond acceptors (Lipinski definition) is 5. The van der Waals surface area contributed by atoms with Gasteiger partial charge in [-0.2, -0.15) is 0 Å². The molecule has 20 heavy (non-hydrogen) atoms. The maximum atomic E-state index is 10.8. The SMILES string of the molecule is CCOc1cc(CNCCCS(N)(=O)=O)ccc1OC. The van der Waals surface area contributed by atoms with E-state index in [0.717, 1.165) is 5.56 Å². The number of benzene rings is 1. The summed E-state index contributed by atoms with van der Waals surface area (Å²) in [5, 5.41) is 8.09. The summed E-state index contributed by atoms with van der Waals surface area (Å²) in [6, 6.07) is 5.70. The van der Waals surface area contributed by atoms with Crippen LogP contribution in [0.2, 0.25) is 0 Å². The molecule has 0 aliphatic carbocycles. The molecule has 0 spiro atoms. The van der Waals surface area contributed by atoms with E-state index in [9.17, 15) is 8.42 Å². The van der Waals surface area contributed by atoms with E-state index in [4.69, 9.17) is 14.6 Å². The van der Waals surface area contributed by atoms with Crippen LogP contribution in [0.15, 0.2) is 18.2 Å². The quantitative estimate of drug-likeness (QED) is 0.660. The summed E-state index contributed by atoms with van der Waals surface area (Å²) >= 11 is 0. The number of sulfonamides is 1. The van der Waals surface area contributed by atoms with E-state index in [1.54, 1.807) is 7.11 Å². The van der Waals surface area contributed by atoms with Crippen molar-refractivity contribution in [1.82, 2.24) is 5.32 Å². The third-order valence-corrected chi connectivity index (χ3v) is 3.50. The fourth-order valence-corrected chi connectivity index (χ4v) is 2.28. The second kappa shape index (κ2) is 8.08. The first-order chi connectivity index (χ1) is 9.46. The lowest BCUT2D eigenvalue weighted by molar-refractivity contribution is 0.310. The van der Waals surface area contributed by atoms with Gasteiger partial charge in [0.2, 0.25) is 10.0 Å². The number of nitrogens with one attached hydrogen (secondary N) is 1. The van der Waals surface area contributed by atoms with Gasteiger partial charge in [0.15, 0.2) is 11.5 Å². The molecule has 0 aliphatic rings. The highest BCUT2D eigenvalue weighted by Crippen LogP contribution is 2.27. The van der Waals surface area contributed by atoms with E-state index in [1.165, 1.54) is 0 Å². The van der Waals surface area contributed by atoms with Crippen LogP contribution in [0.25, 0.3) is 0 Å². The lowest BCUT2D eigenvalue weighted by atomic mass is 10.2. The van der Waals surface area contributed by atoms with Crippen LogP contribution in [0, 0.1) is 0 Å². The van der Waals surface area contributed by atoms with Crippen LogP contribution in [0.1, 0.15) is 18.9 Å². The van der Waals surface area contributed by atoms with Gasteiger partial charge in [0.25, 0.3) is 0 Å². The fraction of sp³-hybridized carbons (Fsp3) is 0.538. The van der Waals surface area contributed by atoms with Gasteiger partial charge in [0.1, 0.15) is 0 Å². The van der Waals surface area contributed by atoms with Gasteiger partial charge < -0.3 is 14.8 Å². The molecule has 0 atom stereocenters. The summed E-state index contributed by atoms with van der Waals surface area (Å²) in [4.78, 5) is 0. The molecule has 6 nitrogen and oxygen atoms in total. The molecule has 1 aromatic carbocycles. The Kier molecular flexibility index (Phi) is 6.77. The van der Waals surface area contributed by atoms with Gasteiger partial charge in [0, 0.05) is 6.54 Å². The predicted molar refractivity (Wildman–Crippen MR) is 78.5 cm³/mol. The minimum atomic E-state index is -3.37. The van der Waals surface area contributed by atoms with Crippen molar-refractivity contribution < 1.29 is 17.9 Å². The molecule has 0 aromatic heterocycles. The molecule has 0 bridgehead atoms. The molecular formula is C13H22N2O4S. The van der Waals surface area contributed by atoms with Crippen LogP contribution in [0.5, 0.6) is 11.5 Å². The smallest absolute Gasteiger partial charge is 0.209 e. The van der Waals surface area contributed by atoms with Gasteiger partial charge in [-0.25, -0.2) is 13.6 Å². The second-order valence-corrected chi connectivity index (χ2v) is 6.05. The van der Waals surface area contributed by atoms with Crippen LogP contribution in [-0.2, 0) is 16.6 Å². The van der Waals surface area contributed by atoms with E-state index in [-0.39, 0.29) is 5.75 Å². The first-order valence-electron chi connectivity index (χ1n) is 6.47. The number of ether oxygens (including phenoxy) is 2. The standard InChI is InChI=1S/C13H22N2O4S/c1-3-19-13-9-11(5-6-12(13)18-2)10-15-7-4-8-20(14,16)17/h5-6,9,15H,3-4,7-8,10H2,1-2H3,(H2,14,16,17). The van der Waals surface area contributed by atoms with Crippen LogP contribution in [-0.4, -0.2) is 34.4 Å². The highest BCUT2D eigenvalue weighted by atomic mass is 32.2. The minimum Gasteiger partial charge on any atom is -0.493 e. The molecule has 3 N–H and O–H groups in total. The van der Waals surface area contributed by atoms with E-state index < -0.39 is 10.0 Å². The van der Waals surface area contributed by atoms with Crippen LogP contribution >= 0.6 is 0 Å². The predicted octanol–water partition coefficient (Wildman–Crippen LogP) is 0.862. The largest absolute Gasteiger partial charge is 0.493 e. The zero-order chi connectivity index (χ0) is 15.0. The maximum absolute atomic E-state index is 10.8. The molecule has 1 aromatic rings. The van der Waals surface area contributed by atoms with Gasteiger partial charge in [-0.15, -0.1) is 0 Å². The Bertz CT molecular complexity index is 517. The lowest BCUT2D eigenvalue weighted by Gasteiger charge is -2.11. The number of methoxy groups -OCH3 is 1. The Labute approximate surface area is 120 Å². The Hall–Kier alpha value is -1.31. The van der Waals surface area contributed by atoms with E-state index >= 15 is 0 Å². The van der Waals surface area contributed by atoms with Crippen molar-refractivity contribution in [3.63, 3.8) is 0 Å². The van der Waals surface area contributed by atoms with Crippen LogP contribution in [0.3, 0.4) is 0 Å². The van der Waals surface area contributed by atoms with Crippen molar-refractivity contribution >= 4 is 10.0 Å². The lowest BCUT2D eigenvalue weighted by Crippen LogP contribution is -2.22. The Morgan fingerprint density at radius 3 is 2.65 bits per heavy atom. The third-order valence-electron chi connectivity index (χ3n) is 2.64. The average molecular weight is 302 g/mol. The minimum absolute atomic E-state index is 0.00713. The van der Waals surface area contributed by atoms with Gasteiger partial charge >= 0.3 is 0 Å². The average Bonchev–Trinajstić information content (AvgIpc) is 2.38. The molecule has 0 amide bonds. The van der Waals surface area contributed by atoms with Crippen molar-refractivity contribution in [2.75, 3.05) is 26.0 Å². The first-order valence-corrected chi connectivity index (χ1v) is 8.18. The Morgan fingerprint density at radius 2 is 2.05 bits per heavy atom. The van der Waals surface area contributed by atoms with Gasteiger partial charge in [-0.05, 0) is 37.6 Å². The first kappa shape index (κ1) is 16.7. The summed E-state index contributed by atoms with van der Waals surface area (Å²) in [6.07, 6.45) is 0.493. The molecule has 0 heterocycles. The highest BCUT2D eigenvalue weighted by Gasteiger charge is 2.05. The van der Waals surface area contributed by atoms with E-state index in [1.807, 2.05) is 25.1 Å². The summed E-state index contributed by atoms with van der Waals surface area (Å²) in [5.74, 6) is 1.40. The number of nitrogens with two attached hydrogens (primary N) is 1. The topological polar surface area (TPSA) is 90.6 Å². The fourth-order valence-electron chi connectivity index (χ4n) is 1.73. The molecule has 0 fully saturated rings. The second-order valence-electron chi connectivity index (χ2n) is 4.32. The molecule has 0 radical (unpaired) electrons. The Balaban J connectivity index is 2.46. The Morgan fingerprint density at radius 1 is 1.30 bits per heavy atom. The molecule has 0 unspecified atom stereocenters. The van der Waals surface area contributed by atoms with E-state index in [0.29, 0.717) is 37.6 Å². The van der Waals surface area contributed by atoms with Gasteiger partial charge in [0.05, 0.1) is 19.5 Å². The third kappa shape index (κ3) is 6.23. The summed E-state index contributed by atoms with van der Waals surface area (Å²) in [6.45, 7) is 3.71. The number of primary sulfonamides is 1. The molecule has 1 rings (SSSR count). The van der Waals surface area contributed by atoms with Gasteiger partial charge in [-0.3, -0.25) is 0 Å². The zero-order valence-corrected chi connectivity index (χ0v) is 12.7. The summed E-state index contributed by atoms with van der Waals surface area (Å²) < 4.78 is 32.2. The van der Waals surface area contributed by atoms with E-state index in [2.05, 4.69) is 5.32 Å². The molecule has 114 valence electrons. The summed E-state index contributed by atoms with van der Waals surface area (Å²) in [5.41, 5.74) is 1.05. The molecule has 0 saturated carbocycles. The molecule has 0 aliphatic heterocycles. The van der Waals surface area contributed by atoms with Crippen LogP contribution < -0.4 is 19.9 Å². The van der Waals surface area contributed by atoms with Crippen molar-refractivity contribution in [1.29, 1.82) is 0 Å². The zero-order valence-electron chi connectivity index (χ0n) is 11.9. The van der Waals surface area contributed by atoms with Crippen molar-refractivity contribution in [2.45, 2.75) is 19.9 Å². The molecule has 0 saturated heterocycles. The van der Waals surface area contributed by atoms with Gasteiger partial charge in [-0.1, -0.05) is 6.07 Å².